The van der Waals surface area contributed by atoms with Gasteiger partial charge in [-0.05, 0) is 57.4 Å². The molecule has 2 aliphatic rings. The van der Waals surface area contributed by atoms with Crippen molar-refractivity contribution in [2.75, 3.05) is 6.54 Å². The molecule has 2 saturated carbocycles. The number of carbonyl (C=O) groups excluding carboxylic acids is 1. The van der Waals surface area contributed by atoms with Crippen molar-refractivity contribution in [1.29, 1.82) is 0 Å². The van der Waals surface area contributed by atoms with Gasteiger partial charge in [0.1, 0.15) is 4.83 Å². The van der Waals surface area contributed by atoms with Crippen LogP contribution in [0.1, 0.15) is 79.2 Å². The van der Waals surface area contributed by atoms with Gasteiger partial charge in [0.15, 0.2) is 0 Å². The van der Waals surface area contributed by atoms with E-state index in [2.05, 4.69) is 10.00 Å². The van der Waals surface area contributed by atoms with Gasteiger partial charge in [0.2, 0.25) is 0 Å². The zero-order valence-electron chi connectivity index (χ0n) is 16.4. The van der Waals surface area contributed by atoms with E-state index >= 15 is 0 Å². The number of amides is 1. The van der Waals surface area contributed by atoms with Crippen molar-refractivity contribution < 1.29 is 14.7 Å². The van der Waals surface area contributed by atoms with Crippen LogP contribution in [0.15, 0.2) is 6.07 Å². The summed E-state index contributed by atoms with van der Waals surface area (Å²) in [4.78, 5) is 25.6. The van der Waals surface area contributed by atoms with Crippen molar-refractivity contribution >= 4 is 33.4 Å². The van der Waals surface area contributed by atoms with Crippen molar-refractivity contribution in [3.05, 3.63) is 16.6 Å². The molecule has 6 nitrogen and oxygen atoms in total. The Hall–Kier alpha value is -1.89. The van der Waals surface area contributed by atoms with Crippen molar-refractivity contribution in [3.8, 4) is 0 Å². The molecule has 4 rings (SSSR count). The normalized spacial score (nSPS) is 23.8. The molecule has 0 bridgehead atoms. The fourth-order valence-electron chi connectivity index (χ4n) is 4.69. The van der Waals surface area contributed by atoms with E-state index in [1.165, 1.54) is 32.1 Å². The molecule has 2 aromatic rings. The number of hydrogen-bond acceptors (Lipinski definition) is 4. The van der Waals surface area contributed by atoms with Gasteiger partial charge in [-0.1, -0.05) is 19.3 Å². The number of fused-ring (bicyclic) bond motifs is 1. The number of aliphatic carboxylic acids is 1. The number of aryl methyl sites for hydroxylation is 1. The molecule has 0 aliphatic heterocycles. The Kier molecular flexibility index (Phi) is 5.71. The van der Waals surface area contributed by atoms with Crippen molar-refractivity contribution in [1.82, 2.24) is 15.1 Å². The van der Waals surface area contributed by atoms with Crippen LogP contribution in [0.2, 0.25) is 0 Å². The fraction of sp³-hybridized carbons (Fsp3) is 0.667. The molecule has 2 aromatic heterocycles. The van der Waals surface area contributed by atoms with E-state index < -0.39 is 5.97 Å². The Balaban J connectivity index is 1.40. The van der Waals surface area contributed by atoms with Gasteiger partial charge in [0.25, 0.3) is 5.91 Å². The van der Waals surface area contributed by atoms with Crippen LogP contribution in [0.4, 0.5) is 0 Å². The minimum Gasteiger partial charge on any atom is -0.481 e. The van der Waals surface area contributed by atoms with E-state index in [9.17, 15) is 9.59 Å². The Morgan fingerprint density at radius 1 is 1.18 bits per heavy atom. The number of rotatable bonds is 5. The van der Waals surface area contributed by atoms with E-state index in [0.29, 0.717) is 18.5 Å². The molecule has 2 heterocycles. The second kappa shape index (κ2) is 8.23. The van der Waals surface area contributed by atoms with Gasteiger partial charge in [0, 0.05) is 11.9 Å². The van der Waals surface area contributed by atoms with Crippen LogP contribution in [0.5, 0.6) is 0 Å². The first kappa shape index (κ1) is 19.4. The summed E-state index contributed by atoms with van der Waals surface area (Å²) in [6.45, 7) is 2.66. The van der Waals surface area contributed by atoms with Gasteiger partial charge in [0.05, 0.1) is 22.5 Å². The molecular weight excluding hydrogens is 374 g/mol. The monoisotopic (exact) mass is 403 g/mol. The maximum Gasteiger partial charge on any atom is 0.306 e. The SMILES string of the molecule is Cc1nn(C2CCCCC2)c2sc(C(=O)NC[C@H]3CC[C@H](C(=O)O)CC3)cc12. The highest BCUT2D eigenvalue weighted by Gasteiger charge is 2.27. The first-order valence-electron chi connectivity index (χ1n) is 10.5. The van der Waals surface area contributed by atoms with Gasteiger partial charge in [-0.25, -0.2) is 0 Å². The lowest BCUT2D eigenvalue weighted by atomic mass is 9.82. The van der Waals surface area contributed by atoms with Gasteiger partial charge in [-0.15, -0.1) is 11.3 Å². The first-order chi connectivity index (χ1) is 13.5. The lowest BCUT2D eigenvalue weighted by Crippen LogP contribution is -2.32. The summed E-state index contributed by atoms with van der Waals surface area (Å²) >= 11 is 1.55. The molecule has 152 valence electrons. The number of aromatic nitrogens is 2. The largest absolute Gasteiger partial charge is 0.481 e. The average Bonchev–Trinajstić information content (AvgIpc) is 3.28. The summed E-state index contributed by atoms with van der Waals surface area (Å²) in [7, 11) is 0. The summed E-state index contributed by atoms with van der Waals surface area (Å²) in [5, 5.41) is 18.0. The van der Waals surface area contributed by atoms with Gasteiger partial charge in [-0.3, -0.25) is 14.3 Å². The summed E-state index contributed by atoms with van der Waals surface area (Å²) in [6.07, 6.45) is 9.36. The Morgan fingerprint density at radius 3 is 2.57 bits per heavy atom. The second-order valence-corrected chi connectivity index (χ2v) is 9.45. The van der Waals surface area contributed by atoms with Crippen molar-refractivity contribution in [3.63, 3.8) is 0 Å². The number of carboxylic acid groups (broad SMARTS) is 1. The summed E-state index contributed by atoms with van der Waals surface area (Å²) in [6, 6.07) is 2.45. The predicted molar refractivity (Wildman–Crippen MR) is 110 cm³/mol. The number of thiophene rings is 1. The zero-order valence-corrected chi connectivity index (χ0v) is 17.3. The van der Waals surface area contributed by atoms with Gasteiger partial charge >= 0.3 is 5.97 Å². The van der Waals surface area contributed by atoms with Crippen LogP contribution in [-0.2, 0) is 4.79 Å². The molecule has 28 heavy (non-hydrogen) atoms. The summed E-state index contributed by atoms with van der Waals surface area (Å²) in [5.41, 5.74) is 1.00. The molecule has 2 fully saturated rings. The lowest BCUT2D eigenvalue weighted by Gasteiger charge is -2.26. The molecule has 1 amide bonds. The fourth-order valence-corrected chi connectivity index (χ4v) is 5.84. The average molecular weight is 404 g/mol. The van der Waals surface area contributed by atoms with E-state index in [1.807, 2.05) is 13.0 Å². The van der Waals surface area contributed by atoms with Crippen LogP contribution in [0.3, 0.4) is 0 Å². The molecule has 2 aliphatic carbocycles. The molecule has 7 heteroatoms. The number of nitrogens with one attached hydrogen (secondary N) is 1. The minimum atomic E-state index is -0.685. The highest BCUT2D eigenvalue weighted by atomic mass is 32.1. The highest BCUT2D eigenvalue weighted by molar-refractivity contribution is 7.20. The van der Waals surface area contributed by atoms with Crippen LogP contribution in [0.25, 0.3) is 10.2 Å². The molecule has 2 N–H and O–H groups in total. The number of carboxylic acids is 1. The van der Waals surface area contributed by atoms with E-state index in [0.717, 1.165) is 46.5 Å². The number of hydrogen-bond donors (Lipinski definition) is 2. The van der Waals surface area contributed by atoms with Crippen LogP contribution >= 0.6 is 11.3 Å². The summed E-state index contributed by atoms with van der Waals surface area (Å²) < 4.78 is 2.17. The quantitative estimate of drug-likeness (QED) is 0.768. The number of nitrogens with zero attached hydrogens (tertiary/aromatic N) is 2. The molecule has 0 saturated heterocycles. The molecular formula is C21H29N3O3S. The van der Waals surface area contributed by atoms with E-state index in [1.54, 1.807) is 11.3 Å². The third-order valence-corrected chi connectivity index (χ3v) is 7.58. The zero-order chi connectivity index (χ0) is 19.7. The second-order valence-electron chi connectivity index (χ2n) is 8.42. The topological polar surface area (TPSA) is 84.2 Å². The van der Waals surface area contributed by atoms with Crippen LogP contribution in [0, 0.1) is 18.8 Å². The molecule has 0 spiro atoms. The first-order valence-corrected chi connectivity index (χ1v) is 11.3. The smallest absolute Gasteiger partial charge is 0.306 e. The standard InChI is InChI=1S/C21H29N3O3S/c1-13-17-11-18(28-20(17)24(23-13)16-5-3-2-4-6-16)19(25)22-12-14-7-9-15(10-8-14)21(26)27/h11,14-16H,2-10,12H2,1H3,(H,22,25)(H,26,27)/t14-,15-. The minimum absolute atomic E-state index is 0.0175. The molecule has 0 unspecified atom stereocenters. The van der Waals surface area contributed by atoms with Crippen molar-refractivity contribution in [2.45, 2.75) is 70.8 Å². The van der Waals surface area contributed by atoms with Crippen molar-refractivity contribution in [2.24, 2.45) is 11.8 Å². The van der Waals surface area contributed by atoms with Crippen LogP contribution in [-0.4, -0.2) is 33.3 Å². The maximum absolute atomic E-state index is 12.7. The third-order valence-electron chi connectivity index (χ3n) is 6.46. The molecule has 0 atom stereocenters. The van der Waals surface area contributed by atoms with Gasteiger partial charge < -0.3 is 10.4 Å². The predicted octanol–water partition coefficient (Wildman–Crippen LogP) is 4.53. The highest BCUT2D eigenvalue weighted by Crippen LogP contribution is 2.35. The van der Waals surface area contributed by atoms with Gasteiger partial charge in [-0.2, -0.15) is 5.10 Å². The Labute approximate surface area is 169 Å². The molecule has 0 radical (unpaired) electrons. The van der Waals surface area contributed by atoms with E-state index in [-0.39, 0.29) is 11.8 Å². The molecule has 0 aromatic carbocycles. The Bertz CT molecular complexity index is 858. The third kappa shape index (κ3) is 3.95. The lowest BCUT2D eigenvalue weighted by molar-refractivity contribution is -0.143. The van der Waals surface area contributed by atoms with Crippen LogP contribution < -0.4 is 5.32 Å². The van der Waals surface area contributed by atoms with E-state index in [4.69, 9.17) is 10.2 Å². The summed E-state index contributed by atoms with van der Waals surface area (Å²) in [5.74, 6) is -0.528. The Morgan fingerprint density at radius 2 is 1.89 bits per heavy atom. The maximum atomic E-state index is 12.7. The number of carbonyl (C=O) groups is 2.